The third-order valence-corrected chi connectivity index (χ3v) is 3.91. The van der Waals surface area contributed by atoms with E-state index in [4.69, 9.17) is 9.47 Å². The van der Waals surface area contributed by atoms with Crippen molar-refractivity contribution in [3.8, 4) is 11.5 Å². The van der Waals surface area contributed by atoms with Crippen LogP contribution in [0, 0.1) is 0 Å². The lowest BCUT2D eigenvalue weighted by Crippen LogP contribution is -2.31. The molecule has 0 fully saturated rings. The summed E-state index contributed by atoms with van der Waals surface area (Å²) in [5.41, 5.74) is 1.25. The number of benzene rings is 1. The van der Waals surface area contributed by atoms with E-state index in [1.165, 1.54) is 18.4 Å². The molecule has 0 aliphatic carbocycles. The molecule has 1 heterocycles. The monoisotopic (exact) mass is 292 g/mol. The molecule has 0 saturated carbocycles. The molecule has 1 unspecified atom stereocenters. The molecule has 0 saturated heterocycles. The summed E-state index contributed by atoms with van der Waals surface area (Å²) in [7, 11) is 4.20. The second kappa shape index (κ2) is 8.25. The Morgan fingerprint density at radius 2 is 2.00 bits per heavy atom. The Labute approximate surface area is 128 Å². The topological polar surface area (TPSA) is 33.7 Å². The average Bonchev–Trinajstić information content (AvgIpc) is 2.75. The highest BCUT2D eigenvalue weighted by atomic mass is 16.5. The van der Waals surface area contributed by atoms with Crippen molar-refractivity contribution in [2.24, 2.45) is 0 Å². The number of ether oxygens (including phenoxy) is 2. The zero-order valence-corrected chi connectivity index (χ0v) is 13.5. The van der Waals surface area contributed by atoms with E-state index in [1.54, 1.807) is 0 Å². The molecule has 0 amide bonds. The van der Waals surface area contributed by atoms with Gasteiger partial charge in [-0.3, -0.25) is 0 Å². The largest absolute Gasteiger partial charge is 0.490 e. The molecule has 0 radical (unpaired) electrons. The van der Waals surface area contributed by atoms with Crippen LogP contribution in [0.15, 0.2) is 18.2 Å². The van der Waals surface area contributed by atoms with Crippen molar-refractivity contribution in [2.45, 2.75) is 32.2 Å². The molecule has 2 rings (SSSR count). The SMILES string of the molecule is CCCCN(C)CC(NC)c1ccc2c(c1)OCCCO2. The Kier molecular flexibility index (Phi) is 6.33. The van der Waals surface area contributed by atoms with Gasteiger partial charge in [-0.2, -0.15) is 0 Å². The highest BCUT2D eigenvalue weighted by molar-refractivity contribution is 5.44. The van der Waals surface area contributed by atoms with Crippen LogP contribution in [-0.2, 0) is 0 Å². The Hall–Kier alpha value is -1.26. The van der Waals surface area contributed by atoms with Crippen molar-refractivity contribution < 1.29 is 9.47 Å². The summed E-state index contributed by atoms with van der Waals surface area (Å²) in [5, 5.41) is 3.41. The van der Waals surface area contributed by atoms with Crippen LogP contribution >= 0.6 is 0 Å². The number of fused-ring (bicyclic) bond motifs is 1. The summed E-state index contributed by atoms with van der Waals surface area (Å²) < 4.78 is 11.5. The molecule has 1 aromatic carbocycles. The fourth-order valence-corrected chi connectivity index (χ4v) is 2.59. The summed E-state index contributed by atoms with van der Waals surface area (Å²) in [6, 6.07) is 6.61. The Balaban J connectivity index is 2.05. The molecule has 4 nitrogen and oxygen atoms in total. The first-order chi connectivity index (χ1) is 10.2. The van der Waals surface area contributed by atoms with Crippen LogP contribution in [0.25, 0.3) is 0 Å². The average molecular weight is 292 g/mol. The van der Waals surface area contributed by atoms with Crippen LogP contribution in [-0.4, -0.2) is 45.3 Å². The van der Waals surface area contributed by atoms with Gasteiger partial charge in [-0.05, 0) is 44.8 Å². The zero-order valence-electron chi connectivity index (χ0n) is 13.5. The van der Waals surface area contributed by atoms with Gasteiger partial charge in [-0.15, -0.1) is 0 Å². The second-order valence-electron chi connectivity index (χ2n) is 5.71. The van der Waals surface area contributed by atoms with E-state index in [9.17, 15) is 0 Å². The van der Waals surface area contributed by atoms with Gasteiger partial charge in [-0.1, -0.05) is 19.4 Å². The number of hydrogen-bond acceptors (Lipinski definition) is 4. The standard InChI is InChI=1S/C17H28N2O2/c1-4-5-9-19(3)13-15(18-2)14-7-8-16-17(12-14)21-11-6-10-20-16/h7-8,12,15,18H,4-6,9-11,13H2,1-3H3. The minimum atomic E-state index is 0.309. The maximum atomic E-state index is 5.79. The van der Waals surface area contributed by atoms with E-state index in [0.717, 1.165) is 44.2 Å². The Morgan fingerprint density at radius 1 is 1.24 bits per heavy atom. The molecular weight excluding hydrogens is 264 g/mol. The maximum Gasteiger partial charge on any atom is 0.161 e. The normalized spacial score (nSPS) is 15.8. The highest BCUT2D eigenvalue weighted by Crippen LogP contribution is 2.32. The molecule has 1 aliphatic heterocycles. The summed E-state index contributed by atoms with van der Waals surface area (Å²) in [5.74, 6) is 1.74. The zero-order chi connectivity index (χ0) is 15.1. The summed E-state index contributed by atoms with van der Waals surface area (Å²) >= 11 is 0. The van der Waals surface area contributed by atoms with Crippen molar-refractivity contribution >= 4 is 0 Å². The molecular formula is C17H28N2O2. The molecule has 0 aromatic heterocycles. The van der Waals surface area contributed by atoms with Crippen molar-refractivity contribution in [3.05, 3.63) is 23.8 Å². The van der Waals surface area contributed by atoms with Crippen LogP contribution in [0.2, 0.25) is 0 Å². The van der Waals surface area contributed by atoms with Gasteiger partial charge < -0.3 is 19.7 Å². The van der Waals surface area contributed by atoms with Gasteiger partial charge in [0.05, 0.1) is 13.2 Å². The summed E-state index contributed by atoms with van der Waals surface area (Å²) in [6.07, 6.45) is 3.42. The number of nitrogens with one attached hydrogen (secondary N) is 1. The molecule has 4 heteroatoms. The minimum Gasteiger partial charge on any atom is -0.490 e. The fraction of sp³-hybridized carbons (Fsp3) is 0.647. The van der Waals surface area contributed by atoms with Gasteiger partial charge in [0.15, 0.2) is 11.5 Å². The molecule has 0 spiro atoms. The lowest BCUT2D eigenvalue weighted by molar-refractivity contribution is 0.290. The third-order valence-electron chi connectivity index (χ3n) is 3.91. The number of likely N-dealkylation sites (N-methyl/N-ethyl adjacent to an activating group) is 2. The predicted molar refractivity (Wildman–Crippen MR) is 86.3 cm³/mol. The molecule has 1 aliphatic rings. The summed E-state index contributed by atoms with van der Waals surface area (Å²) in [6.45, 7) is 5.83. The first kappa shape index (κ1) is 16.1. The van der Waals surface area contributed by atoms with E-state index in [0.29, 0.717) is 6.04 Å². The van der Waals surface area contributed by atoms with E-state index in [2.05, 4.69) is 36.3 Å². The van der Waals surface area contributed by atoms with Gasteiger partial charge in [-0.25, -0.2) is 0 Å². The van der Waals surface area contributed by atoms with Crippen molar-refractivity contribution in [1.29, 1.82) is 0 Å². The molecule has 1 atom stereocenters. The Bertz CT molecular complexity index is 437. The first-order valence-corrected chi connectivity index (χ1v) is 8.00. The number of rotatable bonds is 7. The van der Waals surface area contributed by atoms with Gasteiger partial charge in [0.1, 0.15) is 0 Å². The number of unbranched alkanes of at least 4 members (excludes halogenated alkanes) is 1. The number of nitrogens with zero attached hydrogens (tertiary/aromatic N) is 1. The molecule has 1 N–H and O–H groups in total. The maximum absolute atomic E-state index is 5.79. The summed E-state index contributed by atoms with van der Waals surface area (Å²) in [4.78, 5) is 2.38. The highest BCUT2D eigenvalue weighted by Gasteiger charge is 2.16. The lowest BCUT2D eigenvalue weighted by Gasteiger charge is -2.24. The van der Waals surface area contributed by atoms with Crippen LogP contribution in [0.1, 0.15) is 37.8 Å². The Morgan fingerprint density at radius 3 is 2.71 bits per heavy atom. The number of hydrogen-bond donors (Lipinski definition) is 1. The third kappa shape index (κ3) is 4.61. The van der Waals surface area contributed by atoms with Crippen LogP contribution in [0.4, 0.5) is 0 Å². The van der Waals surface area contributed by atoms with Gasteiger partial charge in [0.25, 0.3) is 0 Å². The first-order valence-electron chi connectivity index (χ1n) is 8.00. The van der Waals surface area contributed by atoms with Gasteiger partial charge in [0.2, 0.25) is 0 Å². The van der Waals surface area contributed by atoms with Crippen molar-refractivity contribution in [2.75, 3.05) is 40.4 Å². The smallest absolute Gasteiger partial charge is 0.161 e. The van der Waals surface area contributed by atoms with E-state index >= 15 is 0 Å². The van der Waals surface area contributed by atoms with Crippen LogP contribution in [0.5, 0.6) is 11.5 Å². The second-order valence-corrected chi connectivity index (χ2v) is 5.71. The molecule has 0 bridgehead atoms. The van der Waals surface area contributed by atoms with E-state index < -0.39 is 0 Å². The van der Waals surface area contributed by atoms with Crippen molar-refractivity contribution in [3.63, 3.8) is 0 Å². The molecule has 118 valence electrons. The van der Waals surface area contributed by atoms with Crippen molar-refractivity contribution in [1.82, 2.24) is 10.2 Å². The predicted octanol–water partition coefficient (Wildman–Crippen LogP) is 2.84. The minimum absolute atomic E-state index is 0.309. The van der Waals surface area contributed by atoms with Gasteiger partial charge >= 0.3 is 0 Å². The van der Waals surface area contributed by atoms with Crippen LogP contribution < -0.4 is 14.8 Å². The van der Waals surface area contributed by atoms with E-state index in [-0.39, 0.29) is 0 Å². The van der Waals surface area contributed by atoms with E-state index in [1.807, 2.05) is 13.1 Å². The molecule has 21 heavy (non-hydrogen) atoms. The lowest BCUT2D eigenvalue weighted by atomic mass is 10.1. The molecule has 1 aromatic rings. The van der Waals surface area contributed by atoms with Gasteiger partial charge in [0, 0.05) is 19.0 Å². The fourth-order valence-electron chi connectivity index (χ4n) is 2.59. The quantitative estimate of drug-likeness (QED) is 0.838. The van der Waals surface area contributed by atoms with Crippen LogP contribution in [0.3, 0.4) is 0 Å².